The van der Waals surface area contributed by atoms with E-state index in [1.54, 1.807) is 0 Å². The first-order valence-electron chi connectivity index (χ1n) is 9.61. The Hall–Kier alpha value is -1.20. The van der Waals surface area contributed by atoms with Gasteiger partial charge in [0.2, 0.25) is 5.91 Å². The zero-order valence-corrected chi connectivity index (χ0v) is 16.3. The maximum atomic E-state index is 11.8. The van der Waals surface area contributed by atoms with Crippen molar-refractivity contribution in [1.29, 1.82) is 0 Å². The SMILES string of the molecule is C=CC(=O)CCCC[C@]1(CC)CCCN([C@H](C(N)=O)C(C)C)COC1. The van der Waals surface area contributed by atoms with Crippen LogP contribution in [-0.4, -0.2) is 42.5 Å². The molecule has 0 aromatic carbocycles. The van der Waals surface area contributed by atoms with Crippen LogP contribution in [0.3, 0.4) is 0 Å². The largest absolute Gasteiger partial charge is 0.368 e. The Morgan fingerprint density at radius 2 is 2.08 bits per heavy atom. The molecule has 0 saturated carbocycles. The van der Waals surface area contributed by atoms with Gasteiger partial charge in [-0.25, -0.2) is 0 Å². The minimum Gasteiger partial charge on any atom is -0.368 e. The standard InChI is InChI=1S/C20H36N2O3/c1-5-17(23)10-7-8-11-20(6-2)12-9-13-22(15-25-14-20)18(16(3)4)19(21)24/h5,16,18H,1,6-15H2,2-4H3,(H2,21,24)/t18-,20+/m0/s1. The summed E-state index contributed by atoms with van der Waals surface area (Å²) in [5.41, 5.74) is 5.77. The summed E-state index contributed by atoms with van der Waals surface area (Å²) in [6, 6.07) is -0.265. The van der Waals surface area contributed by atoms with E-state index in [1.165, 1.54) is 6.08 Å². The normalized spacial score (nSPS) is 23.7. The van der Waals surface area contributed by atoms with Gasteiger partial charge in [-0.05, 0) is 49.5 Å². The number of primary amides is 1. The van der Waals surface area contributed by atoms with Crippen molar-refractivity contribution < 1.29 is 14.3 Å². The summed E-state index contributed by atoms with van der Waals surface area (Å²) in [6.45, 7) is 11.8. The third kappa shape index (κ3) is 6.90. The highest BCUT2D eigenvalue weighted by molar-refractivity contribution is 5.88. The minimum absolute atomic E-state index is 0.126. The molecule has 0 unspecified atom stereocenters. The number of amides is 1. The molecular weight excluding hydrogens is 316 g/mol. The van der Waals surface area contributed by atoms with Crippen LogP contribution in [0.15, 0.2) is 12.7 Å². The van der Waals surface area contributed by atoms with Gasteiger partial charge in [-0.2, -0.15) is 0 Å². The molecule has 1 aliphatic rings. The Kier molecular flexibility index (Phi) is 9.36. The van der Waals surface area contributed by atoms with Crippen molar-refractivity contribution in [1.82, 2.24) is 4.90 Å². The summed E-state index contributed by atoms with van der Waals surface area (Å²) in [5.74, 6) is 0.0351. The Bertz CT molecular complexity index is 438. The number of allylic oxidation sites excluding steroid dienone is 1. The molecular formula is C20H36N2O3. The zero-order chi connectivity index (χ0) is 18.9. The van der Waals surface area contributed by atoms with Gasteiger partial charge < -0.3 is 10.5 Å². The summed E-state index contributed by atoms with van der Waals surface area (Å²) in [5, 5.41) is 0. The van der Waals surface area contributed by atoms with Crippen LogP contribution >= 0.6 is 0 Å². The molecule has 1 amide bonds. The van der Waals surface area contributed by atoms with Gasteiger partial charge in [-0.1, -0.05) is 33.8 Å². The van der Waals surface area contributed by atoms with E-state index in [1.807, 2.05) is 13.8 Å². The van der Waals surface area contributed by atoms with Gasteiger partial charge >= 0.3 is 0 Å². The first-order chi connectivity index (χ1) is 11.8. The fourth-order valence-electron chi connectivity index (χ4n) is 3.88. The molecule has 0 bridgehead atoms. The molecule has 5 heteroatoms. The molecule has 2 N–H and O–H groups in total. The number of ketones is 1. The molecule has 1 saturated heterocycles. The van der Waals surface area contributed by atoms with Crippen molar-refractivity contribution in [2.24, 2.45) is 17.1 Å². The summed E-state index contributed by atoms with van der Waals surface area (Å²) >= 11 is 0. The van der Waals surface area contributed by atoms with E-state index < -0.39 is 0 Å². The van der Waals surface area contributed by atoms with E-state index in [-0.39, 0.29) is 29.1 Å². The topological polar surface area (TPSA) is 72.6 Å². The molecule has 2 atom stereocenters. The number of rotatable bonds is 10. The predicted octanol–water partition coefficient (Wildman–Crippen LogP) is 3.28. The second-order valence-electron chi connectivity index (χ2n) is 7.72. The van der Waals surface area contributed by atoms with Crippen molar-refractivity contribution in [2.45, 2.75) is 71.8 Å². The number of nitrogens with zero attached hydrogens (tertiary/aromatic N) is 1. The van der Waals surface area contributed by atoms with Gasteiger partial charge in [0.1, 0.15) is 0 Å². The monoisotopic (exact) mass is 352 g/mol. The highest BCUT2D eigenvalue weighted by Crippen LogP contribution is 2.36. The predicted molar refractivity (Wildman–Crippen MR) is 101 cm³/mol. The van der Waals surface area contributed by atoms with E-state index in [9.17, 15) is 9.59 Å². The van der Waals surface area contributed by atoms with Crippen LogP contribution in [0.4, 0.5) is 0 Å². The molecule has 0 radical (unpaired) electrons. The summed E-state index contributed by atoms with van der Waals surface area (Å²) in [4.78, 5) is 25.2. The number of hydrogen-bond donors (Lipinski definition) is 1. The molecule has 1 fully saturated rings. The third-order valence-electron chi connectivity index (χ3n) is 5.49. The molecule has 1 rings (SSSR count). The van der Waals surface area contributed by atoms with Crippen molar-refractivity contribution in [2.75, 3.05) is 19.9 Å². The van der Waals surface area contributed by atoms with Gasteiger partial charge in [-0.3, -0.25) is 14.5 Å². The quantitative estimate of drug-likeness (QED) is 0.484. The van der Waals surface area contributed by atoms with E-state index in [0.29, 0.717) is 19.8 Å². The fourth-order valence-corrected chi connectivity index (χ4v) is 3.88. The lowest BCUT2D eigenvalue weighted by molar-refractivity contribution is -0.130. The second-order valence-corrected chi connectivity index (χ2v) is 7.72. The van der Waals surface area contributed by atoms with Crippen LogP contribution in [0.5, 0.6) is 0 Å². The van der Waals surface area contributed by atoms with Crippen LogP contribution < -0.4 is 5.73 Å². The Morgan fingerprint density at radius 3 is 2.64 bits per heavy atom. The van der Waals surface area contributed by atoms with Crippen LogP contribution in [0, 0.1) is 11.3 Å². The number of carbonyl (C=O) groups excluding carboxylic acids is 2. The Balaban J connectivity index is 2.56. The summed E-state index contributed by atoms with van der Waals surface area (Å²) < 4.78 is 6.01. The molecule has 0 aliphatic carbocycles. The highest BCUT2D eigenvalue weighted by atomic mass is 16.5. The van der Waals surface area contributed by atoms with Crippen molar-refractivity contribution in [3.63, 3.8) is 0 Å². The molecule has 1 heterocycles. The first-order valence-corrected chi connectivity index (χ1v) is 9.61. The average molecular weight is 353 g/mol. The van der Waals surface area contributed by atoms with Crippen molar-refractivity contribution in [3.05, 3.63) is 12.7 Å². The maximum Gasteiger partial charge on any atom is 0.235 e. The average Bonchev–Trinajstić information content (AvgIpc) is 2.54. The number of hydrogen-bond acceptors (Lipinski definition) is 4. The van der Waals surface area contributed by atoms with Gasteiger partial charge in [-0.15, -0.1) is 0 Å². The Labute approximate surface area is 153 Å². The third-order valence-corrected chi connectivity index (χ3v) is 5.49. The van der Waals surface area contributed by atoms with Crippen LogP contribution in [-0.2, 0) is 14.3 Å². The number of nitrogens with two attached hydrogens (primary N) is 1. The van der Waals surface area contributed by atoms with Crippen LogP contribution in [0.25, 0.3) is 0 Å². The summed E-state index contributed by atoms with van der Waals surface area (Å²) in [7, 11) is 0. The lowest BCUT2D eigenvalue weighted by atomic mass is 9.76. The highest BCUT2D eigenvalue weighted by Gasteiger charge is 2.33. The lowest BCUT2D eigenvalue weighted by Crippen LogP contribution is -2.50. The molecule has 144 valence electrons. The fraction of sp³-hybridized carbons (Fsp3) is 0.800. The second kappa shape index (κ2) is 10.7. The molecule has 0 spiro atoms. The van der Waals surface area contributed by atoms with E-state index >= 15 is 0 Å². The summed E-state index contributed by atoms with van der Waals surface area (Å²) in [6.07, 6.45) is 8.23. The number of unbranched alkanes of at least 4 members (excludes halogenated alkanes) is 1. The molecule has 0 aromatic rings. The van der Waals surface area contributed by atoms with Crippen molar-refractivity contribution >= 4 is 11.7 Å². The van der Waals surface area contributed by atoms with Crippen molar-refractivity contribution in [3.8, 4) is 0 Å². The molecule has 0 aromatic heterocycles. The number of ether oxygens (including phenoxy) is 1. The zero-order valence-electron chi connectivity index (χ0n) is 16.3. The first kappa shape index (κ1) is 21.8. The van der Waals surface area contributed by atoms with Crippen LogP contribution in [0.1, 0.15) is 65.7 Å². The maximum absolute atomic E-state index is 11.8. The Morgan fingerprint density at radius 1 is 1.36 bits per heavy atom. The van der Waals surface area contributed by atoms with Crippen LogP contribution in [0.2, 0.25) is 0 Å². The van der Waals surface area contributed by atoms with Gasteiger partial charge in [0.25, 0.3) is 0 Å². The van der Waals surface area contributed by atoms with Gasteiger partial charge in [0.15, 0.2) is 5.78 Å². The van der Waals surface area contributed by atoms with E-state index in [4.69, 9.17) is 10.5 Å². The smallest absolute Gasteiger partial charge is 0.235 e. The van der Waals surface area contributed by atoms with Gasteiger partial charge in [0.05, 0.1) is 19.4 Å². The lowest BCUT2D eigenvalue weighted by Gasteiger charge is -2.39. The van der Waals surface area contributed by atoms with E-state index in [2.05, 4.69) is 18.4 Å². The molecule has 25 heavy (non-hydrogen) atoms. The minimum atomic E-state index is -0.271. The van der Waals surface area contributed by atoms with E-state index in [0.717, 1.165) is 45.1 Å². The number of carbonyl (C=O) groups is 2. The molecule has 5 nitrogen and oxygen atoms in total. The van der Waals surface area contributed by atoms with Gasteiger partial charge in [0, 0.05) is 13.0 Å². The molecule has 1 aliphatic heterocycles.